The summed E-state index contributed by atoms with van der Waals surface area (Å²) in [5.41, 5.74) is 0. The van der Waals surface area contributed by atoms with Gasteiger partial charge in [-0.2, -0.15) is 0 Å². The summed E-state index contributed by atoms with van der Waals surface area (Å²) in [5, 5.41) is 28.1. The number of carbonyl (C=O) groups is 3. The number of methoxy groups -OCH3 is 3. The summed E-state index contributed by atoms with van der Waals surface area (Å²) in [4.78, 5) is 28.1. The molecule has 0 fully saturated rings. The van der Waals surface area contributed by atoms with Gasteiger partial charge in [-0.25, -0.2) is 0 Å². The minimum atomic E-state index is -1.18. The molecule has 108 valence electrons. The average molecular weight is 356 g/mol. The predicted molar refractivity (Wildman–Crippen MR) is 50.6 cm³/mol. The third-order valence-corrected chi connectivity index (χ3v) is 0.787. The number of rotatable bonds is 6. The van der Waals surface area contributed by atoms with E-state index in [9.17, 15) is 29.7 Å². The quantitative estimate of drug-likeness (QED) is 0.457. The van der Waals surface area contributed by atoms with E-state index in [4.69, 9.17) is 0 Å². The summed E-state index contributed by atoms with van der Waals surface area (Å²) in [6.07, 6.45) is 0. The van der Waals surface area contributed by atoms with Crippen LogP contribution in [0, 0.1) is 0 Å². The second-order valence-electron chi connectivity index (χ2n) is 2.42. The van der Waals surface area contributed by atoms with Gasteiger partial charge >= 0.3 is 32.7 Å². The minimum Gasteiger partial charge on any atom is -0.548 e. The topological polar surface area (TPSA) is 148 Å². The van der Waals surface area contributed by atoms with Crippen LogP contribution in [0.25, 0.3) is 0 Å². The maximum atomic E-state index is 9.36. The SMILES string of the molecule is COCC(=O)[O-].COCC(=O)[O-].COCC(=O)[O-].[Y+3]. The summed E-state index contributed by atoms with van der Waals surface area (Å²) in [7, 11) is 3.90. The van der Waals surface area contributed by atoms with Crippen molar-refractivity contribution in [1.82, 2.24) is 0 Å². The van der Waals surface area contributed by atoms with E-state index in [1.54, 1.807) is 0 Å². The fourth-order valence-corrected chi connectivity index (χ4v) is 0.354. The zero-order chi connectivity index (χ0) is 15.0. The Hall–Kier alpha value is -0.606. The van der Waals surface area contributed by atoms with Gasteiger partial charge in [0, 0.05) is 21.3 Å². The first-order valence-corrected chi connectivity index (χ1v) is 4.38. The molecule has 0 radical (unpaired) electrons. The number of hydrogen-bond acceptors (Lipinski definition) is 9. The molecule has 10 heteroatoms. The summed E-state index contributed by atoms with van der Waals surface area (Å²) in [6, 6.07) is 0. The Morgan fingerprint density at radius 1 is 0.684 bits per heavy atom. The van der Waals surface area contributed by atoms with E-state index < -0.39 is 17.9 Å². The van der Waals surface area contributed by atoms with Crippen molar-refractivity contribution in [1.29, 1.82) is 0 Å². The van der Waals surface area contributed by atoms with Crippen molar-refractivity contribution in [3.05, 3.63) is 0 Å². The maximum Gasteiger partial charge on any atom is 3.00 e. The van der Waals surface area contributed by atoms with Crippen LogP contribution in [0.5, 0.6) is 0 Å². The largest absolute Gasteiger partial charge is 3.00 e. The number of hydrogen-bond donors (Lipinski definition) is 0. The zero-order valence-corrected chi connectivity index (χ0v) is 13.7. The molecule has 0 rings (SSSR count). The molecule has 0 spiro atoms. The summed E-state index contributed by atoms with van der Waals surface area (Å²) >= 11 is 0. The zero-order valence-electron chi connectivity index (χ0n) is 10.9. The van der Waals surface area contributed by atoms with Crippen LogP contribution in [0.3, 0.4) is 0 Å². The van der Waals surface area contributed by atoms with E-state index in [2.05, 4.69) is 14.2 Å². The molecule has 0 aliphatic heterocycles. The van der Waals surface area contributed by atoms with Gasteiger partial charge in [-0.1, -0.05) is 0 Å². The van der Waals surface area contributed by atoms with Crippen molar-refractivity contribution in [2.75, 3.05) is 41.2 Å². The monoisotopic (exact) mass is 356 g/mol. The fourth-order valence-electron chi connectivity index (χ4n) is 0.354. The van der Waals surface area contributed by atoms with Crippen LogP contribution in [-0.4, -0.2) is 59.1 Å². The summed E-state index contributed by atoms with van der Waals surface area (Å²) < 4.78 is 12.4. The molecular formula is C9H15O9Y. The van der Waals surface area contributed by atoms with Crippen LogP contribution >= 0.6 is 0 Å². The molecule has 0 bridgehead atoms. The fraction of sp³-hybridized carbons (Fsp3) is 0.667. The molecule has 0 saturated carbocycles. The normalized spacial score (nSPS) is 7.74. The third-order valence-electron chi connectivity index (χ3n) is 0.787. The Kier molecular flexibility index (Phi) is 31.9. The van der Waals surface area contributed by atoms with Crippen LogP contribution < -0.4 is 15.3 Å². The van der Waals surface area contributed by atoms with E-state index in [1.807, 2.05) is 0 Å². The van der Waals surface area contributed by atoms with Crippen molar-refractivity contribution in [3.63, 3.8) is 0 Å². The molecular weight excluding hydrogens is 341 g/mol. The van der Waals surface area contributed by atoms with Gasteiger partial charge in [0.25, 0.3) is 0 Å². The average Bonchev–Trinajstić information content (AvgIpc) is 2.18. The van der Waals surface area contributed by atoms with E-state index in [0.717, 1.165) is 0 Å². The Morgan fingerprint density at radius 2 is 0.842 bits per heavy atom. The van der Waals surface area contributed by atoms with Gasteiger partial charge in [-0.15, -0.1) is 0 Å². The maximum absolute atomic E-state index is 9.36. The first-order valence-electron chi connectivity index (χ1n) is 4.38. The van der Waals surface area contributed by atoms with Crippen molar-refractivity contribution in [2.45, 2.75) is 0 Å². The number of carboxylic acid groups (broad SMARTS) is 3. The molecule has 0 unspecified atom stereocenters. The summed E-state index contributed by atoms with van der Waals surface area (Å²) in [6.45, 7) is -0.958. The molecule has 0 aliphatic rings. The molecule has 0 saturated heterocycles. The molecule has 0 atom stereocenters. The van der Waals surface area contributed by atoms with Gasteiger partial charge in [0.2, 0.25) is 0 Å². The van der Waals surface area contributed by atoms with Crippen molar-refractivity contribution >= 4 is 17.9 Å². The minimum absolute atomic E-state index is 0. The second kappa shape index (κ2) is 22.6. The number of ether oxygens (including phenoxy) is 3. The molecule has 0 heterocycles. The van der Waals surface area contributed by atoms with Gasteiger partial charge in [-0.05, 0) is 0 Å². The Balaban J connectivity index is -0.0000000865. The van der Waals surface area contributed by atoms with Gasteiger partial charge in [0.1, 0.15) is 0 Å². The number of carboxylic acids is 3. The second-order valence-corrected chi connectivity index (χ2v) is 2.42. The molecule has 0 aromatic heterocycles. The number of aliphatic carboxylic acids is 3. The van der Waals surface area contributed by atoms with Gasteiger partial charge in [0.05, 0.1) is 37.7 Å². The van der Waals surface area contributed by atoms with Crippen LogP contribution in [0.4, 0.5) is 0 Å². The molecule has 0 aliphatic carbocycles. The number of carbonyl (C=O) groups excluding carboxylic acids is 3. The summed E-state index contributed by atoms with van der Waals surface area (Å²) in [5.74, 6) is -3.55. The molecule has 9 nitrogen and oxygen atoms in total. The Labute approximate surface area is 135 Å². The van der Waals surface area contributed by atoms with E-state index in [1.165, 1.54) is 21.3 Å². The molecule has 0 N–H and O–H groups in total. The van der Waals surface area contributed by atoms with E-state index in [0.29, 0.717) is 0 Å². The molecule has 0 aromatic carbocycles. The van der Waals surface area contributed by atoms with Crippen LogP contribution in [-0.2, 0) is 61.3 Å². The molecule has 0 amide bonds. The van der Waals surface area contributed by atoms with E-state index >= 15 is 0 Å². The van der Waals surface area contributed by atoms with Crippen LogP contribution in [0.1, 0.15) is 0 Å². The predicted octanol–water partition coefficient (Wildman–Crippen LogP) is -4.85. The van der Waals surface area contributed by atoms with Crippen LogP contribution in [0.15, 0.2) is 0 Å². The van der Waals surface area contributed by atoms with Crippen molar-refractivity contribution < 1.29 is 76.6 Å². The van der Waals surface area contributed by atoms with Crippen molar-refractivity contribution in [3.8, 4) is 0 Å². The Morgan fingerprint density at radius 3 is 0.842 bits per heavy atom. The van der Waals surface area contributed by atoms with Gasteiger partial charge in [0.15, 0.2) is 0 Å². The third kappa shape index (κ3) is 58.5. The first kappa shape index (κ1) is 26.9. The first-order chi connectivity index (χ1) is 8.31. The van der Waals surface area contributed by atoms with Gasteiger partial charge in [-0.3, -0.25) is 0 Å². The van der Waals surface area contributed by atoms with E-state index in [-0.39, 0.29) is 52.5 Å². The van der Waals surface area contributed by atoms with Gasteiger partial charge < -0.3 is 43.9 Å². The Bertz CT molecular complexity index is 194. The molecule has 0 aromatic rings. The van der Waals surface area contributed by atoms with Crippen LogP contribution in [0.2, 0.25) is 0 Å². The smallest absolute Gasteiger partial charge is 0.548 e. The molecule has 19 heavy (non-hydrogen) atoms. The standard InChI is InChI=1S/3C3H6O3.Y/c3*1-6-2-3(4)5;/h3*2H2,1H3,(H,4,5);/q;;;+3/p-3. The van der Waals surface area contributed by atoms with Crippen molar-refractivity contribution in [2.24, 2.45) is 0 Å².